The van der Waals surface area contributed by atoms with Gasteiger partial charge in [-0.1, -0.05) is 202 Å². The van der Waals surface area contributed by atoms with E-state index in [4.69, 9.17) is 16.7 Å². The summed E-state index contributed by atoms with van der Waals surface area (Å²) >= 11 is 4.30. The molecule has 0 unspecified atom stereocenters. The third kappa shape index (κ3) is 14.2. The number of rotatable bonds is 1. The van der Waals surface area contributed by atoms with Crippen LogP contribution in [-0.2, 0) is 6.42 Å². The van der Waals surface area contributed by atoms with E-state index in [2.05, 4.69) is 84.0 Å². The van der Waals surface area contributed by atoms with Gasteiger partial charge in [0.15, 0.2) is 29.9 Å². The molecule has 0 bridgehead atoms. The van der Waals surface area contributed by atoms with E-state index in [9.17, 15) is 35.5 Å². The van der Waals surface area contributed by atoms with Gasteiger partial charge >= 0.3 is 6.03 Å². The van der Waals surface area contributed by atoms with E-state index in [-0.39, 0.29) is 25.3 Å². The van der Waals surface area contributed by atoms with Gasteiger partial charge in [-0.2, -0.15) is 21.0 Å². The molecule has 0 fully saturated rings. The Morgan fingerprint density at radius 3 is 1.26 bits per heavy atom. The number of carbonyl (C=O) groups is 2. The second-order valence-corrected chi connectivity index (χ2v) is 20.6. The minimum atomic E-state index is -0.588. The first-order valence-corrected chi connectivity index (χ1v) is 28.9. The number of para-hydroxylation sites is 10. The molecule has 0 radical (unpaired) electrons. The van der Waals surface area contributed by atoms with Crippen LogP contribution in [0.5, 0.6) is 0 Å². The number of anilines is 10. The van der Waals surface area contributed by atoms with Crippen molar-refractivity contribution >= 4 is 128 Å². The highest BCUT2D eigenvalue weighted by atomic mass is 35.5. The van der Waals surface area contributed by atoms with Gasteiger partial charge < -0.3 is 16.8 Å². The first-order valence-electron chi connectivity index (χ1n) is 28.5. The van der Waals surface area contributed by atoms with Crippen molar-refractivity contribution in [2.45, 2.75) is 13.8 Å². The van der Waals surface area contributed by atoms with Crippen LogP contribution in [0.1, 0.15) is 67.9 Å². The van der Waals surface area contributed by atoms with Crippen molar-refractivity contribution in [1.29, 1.82) is 21.0 Å². The summed E-state index contributed by atoms with van der Waals surface area (Å²) in [6.07, 6.45) is 18.6. The number of hydrogen-bond donors (Lipinski definition) is 3. The van der Waals surface area contributed by atoms with E-state index >= 15 is 0 Å². The average molecular weight is 1240 g/mol. The SMILES string of the molecule is C.C1=Cc2ccccc2Nc2ccccc21.N#CCl.N#CN1c2ccccc2C=C(N)c2ccccc21.N#CN1c2ccccc2C=C([N+](=O)[O-])c2ccccc21.N#CN1c2ccccc2C=Cc2ccccc21.NC(=O)N1c2ccccc2CC(=O)c2ccccc21. The van der Waals surface area contributed by atoms with Crippen LogP contribution in [0.2, 0.25) is 0 Å². The number of benzene rings is 10. The number of halogens is 1. The van der Waals surface area contributed by atoms with E-state index in [1.165, 1.54) is 43.9 Å². The maximum atomic E-state index is 12.3. The lowest BCUT2D eigenvalue weighted by Crippen LogP contribution is -2.32. The molecule has 10 aromatic carbocycles. The van der Waals surface area contributed by atoms with E-state index in [1.54, 1.807) is 88.7 Å². The number of primary amides is 1. The molecule has 15 rings (SSSR count). The molecule has 2 amide bonds. The van der Waals surface area contributed by atoms with Crippen LogP contribution in [0, 0.1) is 55.3 Å². The van der Waals surface area contributed by atoms with Gasteiger partial charge in [-0.05, 0) is 107 Å². The third-order valence-electron chi connectivity index (χ3n) is 15.0. The summed E-state index contributed by atoms with van der Waals surface area (Å²) in [5, 5.41) is 50.0. The maximum absolute atomic E-state index is 12.3. The third-order valence-corrected chi connectivity index (χ3v) is 15.0. The average Bonchev–Trinajstić information content (AvgIpc) is 1.71. The lowest BCUT2D eigenvalue weighted by atomic mass is 10.0. The topological polar surface area (TPSA) is 249 Å². The van der Waals surface area contributed by atoms with Crippen LogP contribution in [0.25, 0.3) is 47.9 Å². The summed E-state index contributed by atoms with van der Waals surface area (Å²) in [4.78, 5) is 41.0. The smallest absolute Gasteiger partial charge is 0.323 e. The molecule has 0 saturated carbocycles. The lowest BCUT2D eigenvalue weighted by molar-refractivity contribution is -0.374. The van der Waals surface area contributed by atoms with E-state index in [0.717, 1.165) is 50.6 Å². The first-order chi connectivity index (χ1) is 45.0. The molecular weight excluding hydrogens is 1180 g/mol. The first kappa shape index (κ1) is 64.2. The number of amides is 2. The zero-order chi connectivity index (χ0) is 64.5. The number of nitriles is 4. The Balaban J connectivity index is 0.000000136. The maximum Gasteiger partial charge on any atom is 0.323 e. The number of nitrogens with zero attached hydrogens (tertiary/aromatic N) is 9. The number of Topliss-reactive ketones (excluding diaryl/α,β-unsaturated/α-hetero) is 1. The van der Waals surface area contributed by atoms with Gasteiger partial charge in [-0.3, -0.25) is 19.8 Å². The molecule has 5 N–H and O–H groups in total. The molecule has 93 heavy (non-hydrogen) atoms. The number of hydrogen-bond acceptors (Lipinski definition) is 13. The number of nitro groups is 1. The number of nitrogens with two attached hydrogens (primary N) is 2. The highest BCUT2D eigenvalue weighted by Crippen LogP contribution is 2.42. The zero-order valence-electron chi connectivity index (χ0n) is 49.0. The minimum Gasteiger partial charge on any atom is -0.398 e. The molecule has 5 aliphatic heterocycles. The highest BCUT2D eigenvalue weighted by Gasteiger charge is 2.29. The molecule has 0 atom stereocenters. The van der Waals surface area contributed by atoms with Crippen molar-refractivity contribution in [2.24, 2.45) is 11.5 Å². The highest BCUT2D eigenvalue weighted by molar-refractivity contribution is 6.28. The fraction of sp³-hybridized carbons (Fsp3) is 0.0263. The molecule has 452 valence electrons. The van der Waals surface area contributed by atoms with E-state index < -0.39 is 11.0 Å². The van der Waals surface area contributed by atoms with Gasteiger partial charge in [0.2, 0.25) is 0 Å². The molecule has 16 nitrogen and oxygen atoms in total. The molecule has 0 aliphatic carbocycles. The van der Waals surface area contributed by atoms with Crippen molar-refractivity contribution < 1.29 is 14.5 Å². The second kappa shape index (κ2) is 30.1. The number of fused-ring (bicyclic) bond motifs is 10. The summed E-state index contributed by atoms with van der Waals surface area (Å²) in [6, 6.07) is 75.6. The van der Waals surface area contributed by atoms with Crippen molar-refractivity contribution in [2.75, 3.05) is 24.9 Å². The van der Waals surface area contributed by atoms with E-state index in [1.807, 2.05) is 146 Å². The van der Waals surface area contributed by atoms with Gasteiger partial charge in [0, 0.05) is 63.4 Å². The predicted octanol–water partition coefficient (Wildman–Crippen LogP) is 18.2. The largest absolute Gasteiger partial charge is 0.398 e. The van der Waals surface area contributed by atoms with Crippen molar-refractivity contribution in [3.8, 4) is 24.1 Å². The molecule has 10 aromatic rings. The van der Waals surface area contributed by atoms with Crippen LogP contribution in [-0.4, -0.2) is 16.7 Å². The van der Waals surface area contributed by atoms with Crippen molar-refractivity contribution in [3.63, 3.8) is 0 Å². The van der Waals surface area contributed by atoms with Gasteiger partial charge in [0.1, 0.15) is 0 Å². The molecular formula is C76H57ClN12O4. The monoisotopic (exact) mass is 1240 g/mol. The molecule has 5 heterocycles. The zero-order valence-corrected chi connectivity index (χ0v) is 49.7. The van der Waals surface area contributed by atoms with Crippen LogP contribution in [0.4, 0.5) is 61.7 Å². The summed E-state index contributed by atoms with van der Waals surface area (Å²) in [5.41, 5.74) is 30.6. The standard InChI is InChI=1S/C15H9N3O2.C15H11N3.C15H12N2O2.C15H10N2.C14H11N.CClN.CH4/c16-10-17-13-7-3-1-5-11(13)9-15(18(19)20)12-6-2-4-8-14(12)17;16-10-18-14-7-3-1-5-11(14)9-13(17)12-6-2-4-8-15(12)18;16-15(19)17-12-7-3-1-5-10(12)9-14(18)11-6-2-4-8-13(11)17;16-11-17-14-7-3-1-5-12(14)9-10-13-6-2-4-8-15(13)17;1-3-7-13-11(5-1)9-10-12-6-2-4-8-14(12)15-13;2-1-3;/h1-9H;1-9H,17H2;1-8H,9H2,(H2,16,19);1-10H;1-10,15H;;1H4. The summed E-state index contributed by atoms with van der Waals surface area (Å²) < 4.78 is 0. The fourth-order valence-electron chi connectivity index (χ4n) is 10.9. The predicted molar refractivity (Wildman–Crippen MR) is 374 cm³/mol. The molecule has 0 spiro atoms. The van der Waals surface area contributed by atoms with Crippen molar-refractivity contribution in [3.05, 3.63) is 308 Å². The van der Waals surface area contributed by atoms with Gasteiger partial charge in [-0.15, -0.1) is 0 Å². The molecule has 17 heteroatoms. The van der Waals surface area contributed by atoms with E-state index in [0.29, 0.717) is 45.1 Å². The fourth-order valence-corrected chi connectivity index (χ4v) is 10.9. The molecule has 0 aromatic heterocycles. The summed E-state index contributed by atoms with van der Waals surface area (Å²) in [5.74, 6) is -0.00759. The van der Waals surface area contributed by atoms with Crippen LogP contribution in [0.3, 0.4) is 0 Å². The Hall–Kier alpha value is -13.3. The van der Waals surface area contributed by atoms with Gasteiger partial charge in [-0.25, -0.2) is 19.5 Å². The van der Waals surface area contributed by atoms with Crippen molar-refractivity contribution in [1.82, 2.24) is 0 Å². The Labute approximate surface area is 543 Å². The Bertz CT molecular complexity index is 4680. The summed E-state index contributed by atoms with van der Waals surface area (Å²) in [6.45, 7) is 0. The minimum absolute atomic E-state index is 0. The Morgan fingerprint density at radius 1 is 0.452 bits per heavy atom. The lowest BCUT2D eigenvalue weighted by Gasteiger charge is -2.22. The van der Waals surface area contributed by atoms with Crippen LogP contribution in [0.15, 0.2) is 243 Å². The van der Waals surface area contributed by atoms with Crippen LogP contribution < -0.4 is 36.4 Å². The molecule has 5 aliphatic rings. The second-order valence-electron chi connectivity index (χ2n) is 20.4. The quantitative estimate of drug-likeness (QED) is 0.0787. The van der Waals surface area contributed by atoms with Gasteiger partial charge in [0.25, 0.3) is 5.70 Å². The number of urea groups is 1. The molecule has 0 saturated heterocycles. The Kier molecular flexibility index (Phi) is 20.8. The summed E-state index contributed by atoms with van der Waals surface area (Å²) in [7, 11) is 0. The normalized spacial score (nSPS) is 12.2. The number of ketones is 1. The Morgan fingerprint density at radius 2 is 0.785 bits per heavy atom. The van der Waals surface area contributed by atoms with Gasteiger partial charge in [0.05, 0.1) is 56.0 Å². The van der Waals surface area contributed by atoms with Crippen LogP contribution >= 0.6 is 11.6 Å². The number of nitrogens with one attached hydrogen (secondary N) is 1. The number of carbonyl (C=O) groups excluding carboxylic acids is 2.